The van der Waals surface area contributed by atoms with E-state index >= 15 is 0 Å². The van der Waals surface area contributed by atoms with Crippen molar-refractivity contribution < 1.29 is 0 Å². The molecule has 0 bridgehead atoms. The van der Waals surface area contributed by atoms with E-state index in [-0.39, 0.29) is 10.8 Å². The highest BCUT2D eigenvalue weighted by Crippen LogP contribution is 2.35. The zero-order valence-electron chi connectivity index (χ0n) is 12.2. The van der Waals surface area contributed by atoms with Gasteiger partial charge in [0.15, 0.2) is 0 Å². The predicted molar refractivity (Wildman–Crippen MR) is 76.9 cm³/mol. The van der Waals surface area contributed by atoms with Crippen LogP contribution < -0.4 is 0 Å². The Balaban J connectivity index is 2.81. The van der Waals surface area contributed by atoms with Crippen LogP contribution in [0.1, 0.15) is 52.7 Å². The molecule has 96 valence electrons. The van der Waals surface area contributed by atoms with Crippen molar-refractivity contribution in [3.63, 3.8) is 0 Å². The molecule has 0 amide bonds. The maximum atomic E-state index is 4.42. The normalized spacial score (nSPS) is 13.0. The van der Waals surface area contributed by atoms with Crippen molar-refractivity contribution in [2.45, 2.75) is 52.4 Å². The van der Waals surface area contributed by atoms with Gasteiger partial charge in [-0.15, -0.1) is 0 Å². The Morgan fingerprint density at radius 2 is 1.00 bits per heavy atom. The summed E-state index contributed by atoms with van der Waals surface area (Å²) in [4.78, 5) is 8.83. The molecule has 0 unspecified atom stereocenters. The lowest BCUT2D eigenvalue weighted by molar-refractivity contribution is 0.531. The molecule has 0 aliphatic rings. The van der Waals surface area contributed by atoms with E-state index in [0.717, 1.165) is 11.0 Å². The van der Waals surface area contributed by atoms with E-state index < -0.39 is 0 Å². The number of fused-ring (bicyclic) bond motifs is 1. The van der Waals surface area contributed by atoms with Gasteiger partial charge in [-0.2, -0.15) is 0 Å². The number of hydrogen-bond donors (Lipinski definition) is 0. The molecule has 1 heterocycles. The molecule has 18 heavy (non-hydrogen) atoms. The van der Waals surface area contributed by atoms with Gasteiger partial charge >= 0.3 is 0 Å². The lowest BCUT2D eigenvalue weighted by atomic mass is 9.75. The zero-order chi connectivity index (χ0) is 13.6. The van der Waals surface area contributed by atoms with Crippen LogP contribution in [-0.2, 0) is 10.8 Å². The van der Waals surface area contributed by atoms with Crippen LogP contribution in [0.2, 0.25) is 0 Å². The van der Waals surface area contributed by atoms with Crippen molar-refractivity contribution >= 4 is 11.0 Å². The Bertz CT molecular complexity index is 519. The summed E-state index contributed by atoms with van der Waals surface area (Å²) in [6.45, 7) is 13.5. The predicted octanol–water partition coefficient (Wildman–Crippen LogP) is 4.22. The van der Waals surface area contributed by atoms with Crippen molar-refractivity contribution in [2.24, 2.45) is 0 Å². The van der Waals surface area contributed by atoms with Crippen LogP contribution in [0, 0.1) is 0 Å². The van der Waals surface area contributed by atoms with E-state index in [9.17, 15) is 0 Å². The van der Waals surface area contributed by atoms with Gasteiger partial charge in [-0.1, -0.05) is 41.5 Å². The van der Waals surface area contributed by atoms with Crippen LogP contribution in [-0.4, -0.2) is 9.97 Å². The van der Waals surface area contributed by atoms with Crippen LogP contribution >= 0.6 is 0 Å². The van der Waals surface area contributed by atoms with E-state index in [0.29, 0.717) is 0 Å². The minimum absolute atomic E-state index is 0.119. The molecule has 1 aromatic heterocycles. The Labute approximate surface area is 109 Å². The molecule has 2 aromatic rings. The first-order chi connectivity index (χ1) is 8.19. The maximum Gasteiger partial charge on any atom is 0.0889 e. The molecule has 0 spiro atoms. The van der Waals surface area contributed by atoms with Crippen LogP contribution in [0.3, 0.4) is 0 Å². The first-order valence-electron chi connectivity index (χ1n) is 6.45. The third kappa shape index (κ3) is 2.38. The topological polar surface area (TPSA) is 25.8 Å². The highest BCUT2D eigenvalue weighted by Gasteiger charge is 2.25. The molecule has 0 aliphatic heterocycles. The van der Waals surface area contributed by atoms with Crippen molar-refractivity contribution in [1.82, 2.24) is 9.97 Å². The summed E-state index contributed by atoms with van der Waals surface area (Å²) in [5.74, 6) is 0. The molecule has 0 atom stereocenters. The third-order valence-electron chi connectivity index (χ3n) is 3.22. The summed E-state index contributed by atoms with van der Waals surface area (Å²) in [5.41, 5.74) is 4.93. The Hall–Kier alpha value is -1.44. The number of rotatable bonds is 0. The molecule has 2 heteroatoms. The number of hydrogen-bond acceptors (Lipinski definition) is 2. The number of aromatic nitrogens is 2. The van der Waals surface area contributed by atoms with Gasteiger partial charge < -0.3 is 0 Å². The second-order valence-corrected chi connectivity index (χ2v) is 6.94. The largest absolute Gasteiger partial charge is 0.253 e. The number of nitrogens with zero attached hydrogens (tertiary/aromatic N) is 2. The Kier molecular flexibility index (Phi) is 2.92. The fourth-order valence-corrected chi connectivity index (χ4v) is 2.25. The minimum Gasteiger partial charge on any atom is -0.253 e. The summed E-state index contributed by atoms with van der Waals surface area (Å²) in [6, 6.07) is 4.39. The van der Waals surface area contributed by atoms with Crippen molar-refractivity contribution in [3.8, 4) is 0 Å². The van der Waals surface area contributed by atoms with E-state index in [1.165, 1.54) is 11.1 Å². The first-order valence-corrected chi connectivity index (χ1v) is 6.45. The van der Waals surface area contributed by atoms with Gasteiger partial charge in [-0.3, -0.25) is 9.97 Å². The molecule has 0 N–H and O–H groups in total. The van der Waals surface area contributed by atoms with Gasteiger partial charge in [0.1, 0.15) is 0 Å². The van der Waals surface area contributed by atoms with Crippen LogP contribution in [0.25, 0.3) is 11.0 Å². The molecule has 2 nitrogen and oxygen atoms in total. The summed E-state index contributed by atoms with van der Waals surface area (Å²) < 4.78 is 0. The van der Waals surface area contributed by atoms with Gasteiger partial charge in [-0.25, -0.2) is 0 Å². The van der Waals surface area contributed by atoms with Crippen molar-refractivity contribution in [3.05, 3.63) is 35.7 Å². The average Bonchev–Trinajstić information content (AvgIpc) is 2.25. The molecule has 0 radical (unpaired) electrons. The lowest BCUT2D eigenvalue weighted by Gasteiger charge is -2.30. The minimum atomic E-state index is 0.119. The molecule has 2 rings (SSSR count). The van der Waals surface area contributed by atoms with Crippen LogP contribution in [0.15, 0.2) is 24.5 Å². The second kappa shape index (κ2) is 4.04. The van der Waals surface area contributed by atoms with Crippen LogP contribution in [0.4, 0.5) is 0 Å². The molecule has 1 aromatic carbocycles. The van der Waals surface area contributed by atoms with Gasteiger partial charge in [-0.05, 0) is 34.1 Å². The smallest absolute Gasteiger partial charge is 0.0889 e. The lowest BCUT2D eigenvalue weighted by Crippen LogP contribution is -2.22. The highest BCUT2D eigenvalue weighted by molar-refractivity contribution is 5.76. The van der Waals surface area contributed by atoms with Crippen molar-refractivity contribution in [2.75, 3.05) is 0 Å². The molecule has 0 saturated heterocycles. The average molecular weight is 242 g/mol. The summed E-state index contributed by atoms with van der Waals surface area (Å²) >= 11 is 0. The SMILES string of the molecule is CC(C)(C)c1cc2nccnc2cc1C(C)(C)C. The molecule has 0 saturated carbocycles. The number of benzene rings is 1. The van der Waals surface area contributed by atoms with Gasteiger partial charge in [0.2, 0.25) is 0 Å². The summed E-state index contributed by atoms with van der Waals surface area (Å²) in [6.07, 6.45) is 3.51. The highest BCUT2D eigenvalue weighted by atomic mass is 14.8. The van der Waals surface area contributed by atoms with Gasteiger partial charge in [0.25, 0.3) is 0 Å². The maximum absolute atomic E-state index is 4.42. The standard InChI is InChI=1S/C16H22N2/c1-15(2,3)11-9-13-14(18-8-7-17-13)10-12(11)16(4,5)6/h7-10H,1-6H3. The monoisotopic (exact) mass is 242 g/mol. The Morgan fingerprint density at radius 1 is 0.667 bits per heavy atom. The fourth-order valence-electron chi connectivity index (χ4n) is 2.25. The third-order valence-corrected chi connectivity index (χ3v) is 3.22. The zero-order valence-corrected chi connectivity index (χ0v) is 12.2. The fraction of sp³-hybridized carbons (Fsp3) is 0.500. The van der Waals surface area contributed by atoms with Gasteiger partial charge in [0.05, 0.1) is 11.0 Å². The van der Waals surface area contributed by atoms with Crippen molar-refractivity contribution in [1.29, 1.82) is 0 Å². The van der Waals surface area contributed by atoms with Gasteiger partial charge in [0, 0.05) is 12.4 Å². The first kappa shape index (κ1) is 13.0. The molecular weight excluding hydrogens is 220 g/mol. The van der Waals surface area contributed by atoms with E-state index in [1.807, 2.05) is 0 Å². The Morgan fingerprint density at radius 3 is 1.28 bits per heavy atom. The van der Waals surface area contributed by atoms with E-state index in [1.54, 1.807) is 12.4 Å². The summed E-state index contributed by atoms with van der Waals surface area (Å²) in [7, 11) is 0. The second-order valence-electron chi connectivity index (χ2n) is 6.94. The molecule has 0 aliphatic carbocycles. The summed E-state index contributed by atoms with van der Waals surface area (Å²) in [5, 5.41) is 0. The quantitative estimate of drug-likeness (QED) is 0.691. The molecule has 0 fully saturated rings. The molecular formula is C16H22N2. The van der Waals surface area contributed by atoms with Crippen LogP contribution in [0.5, 0.6) is 0 Å². The van der Waals surface area contributed by atoms with E-state index in [2.05, 4.69) is 63.6 Å². The van der Waals surface area contributed by atoms with E-state index in [4.69, 9.17) is 0 Å².